The van der Waals surface area contributed by atoms with E-state index in [9.17, 15) is 0 Å². The van der Waals surface area contributed by atoms with Crippen LogP contribution < -0.4 is 5.73 Å². The molecule has 1 nitrogen and oxygen atoms in total. The van der Waals surface area contributed by atoms with Crippen LogP contribution in [0.25, 0.3) is 0 Å². The molecule has 0 aliphatic heterocycles. The van der Waals surface area contributed by atoms with Crippen LogP contribution in [0.1, 0.15) is 19.4 Å². The van der Waals surface area contributed by atoms with E-state index < -0.39 is 0 Å². The smallest absolute Gasteiger partial charge is 0.0462 e. The Hall–Kier alpha value is -0.210. The van der Waals surface area contributed by atoms with E-state index in [4.69, 9.17) is 17.3 Å². The average molecular weight is 251 g/mol. The van der Waals surface area contributed by atoms with E-state index >= 15 is 0 Å². The Morgan fingerprint density at radius 3 is 2.25 bits per heavy atom. The van der Waals surface area contributed by atoms with Crippen LogP contribution >= 0.6 is 27.5 Å². The Kier molecular flexibility index (Phi) is 5.34. The normalized spacial score (nSPS) is 8.75. The molecule has 0 saturated heterocycles. The fourth-order valence-electron chi connectivity index (χ4n) is 0.680. The Balaban J connectivity index is 0.000000561. The summed E-state index contributed by atoms with van der Waals surface area (Å²) >= 11 is 9.07. The van der Waals surface area contributed by atoms with Crippen molar-refractivity contribution >= 4 is 33.2 Å². The van der Waals surface area contributed by atoms with Crippen molar-refractivity contribution in [1.29, 1.82) is 0 Å². The van der Waals surface area contributed by atoms with Crippen LogP contribution in [0.2, 0.25) is 5.02 Å². The van der Waals surface area contributed by atoms with E-state index in [0.29, 0.717) is 0 Å². The van der Waals surface area contributed by atoms with Gasteiger partial charge in [0.25, 0.3) is 0 Å². The molecule has 0 heterocycles. The lowest BCUT2D eigenvalue weighted by Crippen LogP contribution is -1.87. The number of hydrogen-bond acceptors (Lipinski definition) is 1. The number of aryl methyl sites for hydroxylation is 1. The second-order valence-electron chi connectivity index (χ2n) is 2.12. The first kappa shape index (κ1) is 11.8. The third kappa shape index (κ3) is 3.03. The summed E-state index contributed by atoms with van der Waals surface area (Å²) in [6.07, 6.45) is 0. The molecule has 0 amide bonds. The summed E-state index contributed by atoms with van der Waals surface area (Å²) in [6, 6.07) is 3.64. The number of nitrogens with two attached hydrogens (primary N) is 1. The molecule has 1 aromatic rings. The number of halogens is 2. The number of benzene rings is 1. The van der Waals surface area contributed by atoms with E-state index in [1.54, 1.807) is 6.07 Å². The summed E-state index contributed by atoms with van der Waals surface area (Å²) in [5.74, 6) is 0. The number of hydrogen-bond donors (Lipinski definition) is 1. The quantitative estimate of drug-likeness (QED) is 0.692. The van der Waals surface area contributed by atoms with Gasteiger partial charge in [0.05, 0.1) is 0 Å². The van der Waals surface area contributed by atoms with Crippen LogP contribution in [0, 0.1) is 6.92 Å². The minimum absolute atomic E-state index is 0.724. The molecule has 0 fully saturated rings. The molecule has 0 spiro atoms. The maximum absolute atomic E-state index is 5.80. The van der Waals surface area contributed by atoms with Gasteiger partial charge in [0.1, 0.15) is 0 Å². The zero-order valence-corrected chi connectivity index (χ0v) is 9.83. The van der Waals surface area contributed by atoms with E-state index in [1.807, 2.05) is 26.8 Å². The lowest BCUT2D eigenvalue weighted by molar-refractivity contribution is 1.46. The van der Waals surface area contributed by atoms with Crippen LogP contribution in [0.5, 0.6) is 0 Å². The van der Waals surface area contributed by atoms with Gasteiger partial charge >= 0.3 is 0 Å². The molecule has 0 aromatic heterocycles. The van der Waals surface area contributed by atoms with Gasteiger partial charge in [0.15, 0.2) is 0 Å². The first-order valence-corrected chi connectivity index (χ1v) is 4.99. The summed E-state index contributed by atoms with van der Waals surface area (Å²) in [7, 11) is 0. The van der Waals surface area contributed by atoms with Gasteiger partial charge in [0.2, 0.25) is 0 Å². The van der Waals surface area contributed by atoms with E-state index in [-0.39, 0.29) is 0 Å². The molecule has 0 saturated carbocycles. The van der Waals surface area contributed by atoms with Crippen LogP contribution in [0.4, 0.5) is 5.69 Å². The molecule has 0 unspecified atom stereocenters. The third-order valence-corrected chi connectivity index (χ3v) is 2.37. The third-order valence-electron chi connectivity index (χ3n) is 1.28. The summed E-state index contributed by atoms with van der Waals surface area (Å²) in [4.78, 5) is 0. The van der Waals surface area contributed by atoms with Crippen molar-refractivity contribution < 1.29 is 0 Å². The van der Waals surface area contributed by atoms with Crippen molar-refractivity contribution in [3.8, 4) is 0 Å². The number of rotatable bonds is 0. The second-order valence-corrected chi connectivity index (χ2v) is 3.38. The Bertz CT molecular complexity index is 211. The minimum atomic E-state index is 0.724. The number of anilines is 1. The highest BCUT2D eigenvalue weighted by Crippen LogP contribution is 2.26. The fourth-order valence-corrected chi connectivity index (χ4v) is 1.32. The van der Waals surface area contributed by atoms with Gasteiger partial charge < -0.3 is 5.73 Å². The highest BCUT2D eigenvalue weighted by Gasteiger charge is 1.99. The molecule has 12 heavy (non-hydrogen) atoms. The molecule has 0 aliphatic rings. The predicted molar refractivity (Wildman–Crippen MR) is 59.6 cm³/mol. The summed E-state index contributed by atoms with van der Waals surface area (Å²) in [5.41, 5.74) is 7.31. The van der Waals surface area contributed by atoms with E-state index in [1.165, 1.54) is 0 Å². The maximum Gasteiger partial charge on any atom is 0.0462 e. The topological polar surface area (TPSA) is 26.0 Å². The van der Waals surface area contributed by atoms with Gasteiger partial charge in [-0.2, -0.15) is 0 Å². The first-order chi connectivity index (χ1) is 5.61. The summed E-state index contributed by atoms with van der Waals surface area (Å²) in [5, 5.41) is 0.737. The van der Waals surface area contributed by atoms with Crippen LogP contribution in [-0.2, 0) is 0 Å². The molecule has 2 N–H and O–H groups in total. The molecule has 1 rings (SSSR count). The molecule has 0 radical (unpaired) electrons. The van der Waals surface area contributed by atoms with Crippen molar-refractivity contribution in [3.05, 3.63) is 27.2 Å². The van der Waals surface area contributed by atoms with Gasteiger partial charge in [0, 0.05) is 15.2 Å². The van der Waals surface area contributed by atoms with Crippen molar-refractivity contribution in [1.82, 2.24) is 0 Å². The van der Waals surface area contributed by atoms with Gasteiger partial charge in [-0.15, -0.1) is 0 Å². The van der Waals surface area contributed by atoms with E-state index in [2.05, 4.69) is 15.9 Å². The molecule has 0 bridgehead atoms. The van der Waals surface area contributed by atoms with Crippen molar-refractivity contribution in [3.63, 3.8) is 0 Å². The fraction of sp³-hybridized carbons (Fsp3) is 0.333. The lowest BCUT2D eigenvalue weighted by atomic mass is 10.2. The Morgan fingerprint density at radius 1 is 1.33 bits per heavy atom. The van der Waals surface area contributed by atoms with Gasteiger partial charge in [-0.05, 0) is 40.5 Å². The standard InChI is InChI=1S/C7H7BrClN.C2H6/c1-4-2-7(10)5(8)3-6(4)9;1-2/h2-3H,10H2,1H3;1-2H3. The zero-order chi connectivity index (χ0) is 9.72. The largest absolute Gasteiger partial charge is 0.398 e. The van der Waals surface area contributed by atoms with Crippen molar-refractivity contribution in [2.75, 3.05) is 5.73 Å². The van der Waals surface area contributed by atoms with Crippen LogP contribution in [0.3, 0.4) is 0 Å². The first-order valence-electron chi connectivity index (χ1n) is 3.82. The minimum Gasteiger partial charge on any atom is -0.398 e. The van der Waals surface area contributed by atoms with Crippen LogP contribution in [0.15, 0.2) is 16.6 Å². The molecule has 0 aliphatic carbocycles. The van der Waals surface area contributed by atoms with Gasteiger partial charge in [-0.3, -0.25) is 0 Å². The second kappa shape index (κ2) is 5.44. The van der Waals surface area contributed by atoms with Crippen molar-refractivity contribution in [2.45, 2.75) is 20.8 Å². The van der Waals surface area contributed by atoms with Gasteiger partial charge in [-0.1, -0.05) is 25.4 Å². The van der Waals surface area contributed by atoms with Gasteiger partial charge in [-0.25, -0.2) is 0 Å². The molecular weight excluding hydrogens is 237 g/mol. The summed E-state index contributed by atoms with van der Waals surface area (Å²) < 4.78 is 0.850. The highest BCUT2D eigenvalue weighted by molar-refractivity contribution is 9.10. The highest BCUT2D eigenvalue weighted by atomic mass is 79.9. The van der Waals surface area contributed by atoms with Crippen molar-refractivity contribution in [2.24, 2.45) is 0 Å². The lowest BCUT2D eigenvalue weighted by Gasteiger charge is -2.01. The molecule has 0 atom stereocenters. The molecular formula is C9H13BrClN. The Labute approximate surface area is 87.0 Å². The molecule has 1 aromatic carbocycles. The predicted octanol–water partition coefficient (Wildman–Crippen LogP) is 4.02. The number of nitrogen functional groups attached to an aromatic ring is 1. The average Bonchev–Trinajstić information content (AvgIpc) is 2.05. The van der Waals surface area contributed by atoms with Crippen LogP contribution in [-0.4, -0.2) is 0 Å². The zero-order valence-electron chi connectivity index (χ0n) is 7.49. The monoisotopic (exact) mass is 249 g/mol. The van der Waals surface area contributed by atoms with E-state index in [0.717, 1.165) is 20.7 Å². The Morgan fingerprint density at radius 2 is 1.83 bits per heavy atom. The molecule has 68 valence electrons. The summed E-state index contributed by atoms with van der Waals surface area (Å²) in [6.45, 7) is 5.92. The SMILES string of the molecule is CC.Cc1cc(N)c(Br)cc1Cl. The molecule has 3 heteroatoms. The maximum atomic E-state index is 5.80.